The van der Waals surface area contributed by atoms with Gasteiger partial charge in [0.15, 0.2) is 5.96 Å². The molecule has 2 aromatic carbocycles. The zero-order chi connectivity index (χ0) is 29.7. The molecule has 0 saturated heterocycles. The van der Waals surface area contributed by atoms with E-state index in [2.05, 4.69) is 4.99 Å². The first-order valence-electron chi connectivity index (χ1n) is 9.71. The maximum absolute atomic E-state index is 14.6. The van der Waals surface area contributed by atoms with Gasteiger partial charge in [-0.2, -0.15) is 13.2 Å². The normalized spacial score (nSPS) is 22.0. The van der Waals surface area contributed by atoms with Crippen molar-refractivity contribution in [1.29, 1.82) is 0 Å². The fraction of sp³-hybridized carbons (Fsp3) is 0.250. The van der Waals surface area contributed by atoms with Gasteiger partial charge in [0.2, 0.25) is 5.91 Å². The van der Waals surface area contributed by atoms with Gasteiger partial charge >= 0.3 is 22.4 Å². The monoisotopic (exact) mass is 587 g/mol. The second-order valence-corrected chi connectivity index (χ2v) is 10.4. The van der Waals surface area contributed by atoms with Gasteiger partial charge in [-0.15, -0.1) is 0 Å². The fourth-order valence-electron chi connectivity index (χ4n) is 3.55. The van der Waals surface area contributed by atoms with Crippen molar-refractivity contribution < 1.29 is 60.5 Å². The van der Waals surface area contributed by atoms with Crippen LogP contribution in [0.5, 0.6) is 0 Å². The summed E-state index contributed by atoms with van der Waals surface area (Å²) in [6, 6.07) is 2.29. The Morgan fingerprint density at radius 2 is 1.53 bits per heavy atom. The molecule has 0 aliphatic carbocycles. The Balaban J connectivity index is 0.000000638. The number of nitrogens with zero attached hydrogens (tertiary/aromatic N) is 2. The molecule has 1 aliphatic heterocycles. The highest BCUT2D eigenvalue weighted by Crippen LogP contribution is 3.02. The summed E-state index contributed by atoms with van der Waals surface area (Å²) in [6.07, 6.45) is -5.08. The Bertz CT molecular complexity index is 1310. The van der Waals surface area contributed by atoms with Gasteiger partial charge in [-0.1, -0.05) is 31.6 Å². The molecule has 1 aliphatic rings. The summed E-state index contributed by atoms with van der Waals surface area (Å²) in [6.45, 7) is 0.987. The Hall–Kier alpha value is -3.57. The SMILES string of the molecule is CN1C(=O)[C@H](c2cccc(S(F)(F)(F)(F)F)c2)[C@@](C)(c2c(F)cc(F)cc2F)N=C1N.O=C(O)C(F)(F)F. The van der Waals surface area contributed by atoms with Crippen molar-refractivity contribution in [1.82, 2.24) is 4.90 Å². The molecule has 0 aromatic heterocycles. The lowest BCUT2D eigenvalue weighted by molar-refractivity contribution is -0.192. The zero-order valence-corrected chi connectivity index (χ0v) is 19.7. The third-order valence-corrected chi connectivity index (χ3v) is 6.37. The molecule has 2 atom stereocenters. The molecule has 0 radical (unpaired) electrons. The number of hydrogen-bond donors (Lipinski definition) is 2. The summed E-state index contributed by atoms with van der Waals surface area (Å²) < 4.78 is 141. The van der Waals surface area contributed by atoms with Crippen LogP contribution in [0.2, 0.25) is 0 Å². The number of carbonyl (C=O) groups excluding carboxylic acids is 1. The van der Waals surface area contributed by atoms with Gasteiger partial charge in [0, 0.05) is 19.2 Å². The number of aliphatic imine (C=N–C) groups is 1. The molecule has 2 aromatic rings. The number of guanidine groups is 1. The van der Waals surface area contributed by atoms with Gasteiger partial charge in [-0.3, -0.25) is 9.69 Å². The lowest BCUT2D eigenvalue weighted by Gasteiger charge is -2.43. The summed E-state index contributed by atoms with van der Waals surface area (Å²) in [7, 11) is -9.04. The number of rotatable bonds is 3. The van der Waals surface area contributed by atoms with Gasteiger partial charge in [-0.05, 0) is 24.6 Å². The van der Waals surface area contributed by atoms with Crippen LogP contribution >= 0.6 is 10.2 Å². The topological polar surface area (TPSA) is 96.0 Å². The van der Waals surface area contributed by atoms with E-state index in [4.69, 9.17) is 15.6 Å². The third-order valence-electron chi connectivity index (χ3n) is 5.22. The van der Waals surface area contributed by atoms with E-state index in [1.54, 1.807) is 0 Å². The number of carboxylic acids is 1. The average Bonchev–Trinajstić information content (AvgIpc) is 2.69. The zero-order valence-electron chi connectivity index (χ0n) is 18.8. The second-order valence-electron chi connectivity index (χ2n) is 8.04. The van der Waals surface area contributed by atoms with Crippen LogP contribution in [0.4, 0.5) is 45.8 Å². The molecule has 0 unspecified atom stereocenters. The molecule has 6 nitrogen and oxygen atoms in total. The number of benzene rings is 2. The van der Waals surface area contributed by atoms with Crippen LogP contribution in [0.1, 0.15) is 24.0 Å². The first-order valence-corrected chi connectivity index (χ1v) is 11.7. The minimum atomic E-state index is -10.1. The van der Waals surface area contributed by atoms with E-state index in [0.29, 0.717) is 23.1 Å². The number of nitrogens with two attached hydrogens (primary N) is 1. The van der Waals surface area contributed by atoms with Crippen LogP contribution in [0, 0.1) is 17.5 Å². The molecular weight excluding hydrogens is 571 g/mol. The number of amides is 1. The summed E-state index contributed by atoms with van der Waals surface area (Å²) in [5.41, 5.74) is 1.73. The highest BCUT2D eigenvalue weighted by atomic mass is 32.5. The van der Waals surface area contributed by atoms with Crippen LogP contribution in [-0.2, 0) is 15.1 Å². The molecule has 38 heavy (non-hydrogen) atoms. The summed E-state index contributed by atoms with van der Waals surface area (Å²) in [5.74, 6) is -10.5. The van der Waals surface area contributed by atoms with Crippen molar-refractivity contribution in [2.45, 2.75) is 29.5 Å². The second kappa shape index (κ2) is 8.74. The maximum atomic E-state index is 14.6. The van der Waals surface area contributed by atoms with Crippen molar-refractivity contribution >= 4 is 28.1 Å². The molecule has 0 bridgehead atoms. The first kappa shape index (κ1) is 30.7. The van der Waals surface area contributed by atoms with Crippen molar-refractivity contribution in [3.05, 3.63) is 65.0 Å². The number of carboxylic acid groups (broad SMARTS) is 1. The fourth-order valence-corrected chi connectivity index (χ4v) is 4.25. The van der Waals surface area contributed by atoms with E-state index >= 15 is 0 Å². The van der Waals surface area contributed by atoms with Crippen LogP contribution in [0.3, 0.4) is 0 Å². The van der Waals surface area contributed by atoms with E-state index in [0.717, 1.165) is 20.0 Å². The van der Waals surface area contributed by atoms with E-state index in [1.807, 2.05) is 0 Å². The van der Waals surface area contributed by atoms with Crippen LogP contribution in [0.25, 0.3) is 0 Å². The third kappa shape index (κ3) is 6.28. The van der Waals surface area contributed by atoms with Gasteiger partial charge in [0.1, 0.15) is 27.9 Å². The van der Waals surface area contributed by atoms with Gasteiger partial charge in [0.25, 0.3) is 0 Å². The summed E-state index contributed by atoms with van der Waals surface area (Å²) in [4.78, 5) is 24.1. The quantitative estimate of drug-likeness (QED) is 0.420. The molecule has 0 saturated carbocycles. The number of likely N-dealkylation sites (N-methyl/N-ethyl adjacent to an activating group) is 1. The first-order chi connectivity index (χ1) is 16.8. The Labute approximate surface area is 206 Å². The summed E-state index contributed by atoms with van der Waals surface area (Å²) >= 11 is 0. The number of alkyl halides is 3. The Morgan fingerprint density at radius 3 is 1.95 bits per heavy atom. The van der Waals surface area contributed by atoms with Gasteiger partial charge in [-0.25, -0.2) is 23.0 Å². The van der Waals surface area contributed by atoms with Crippen LogP contribution < -0.4 is 5.73 Å². The van der Waals surface area contributed by atoms with Crippen molar-refractivity contribution in [3.63, 3.8) is 0 Å². The van der Waals surface area contributed by atoms with Gasteiger partial charge < -0.3 is 10.8 Å². The van der Waals surface area contributed by atoms with Crippen molar-refractivity contribution in [2.24, 2.45) is 10.7 Å². The molecule has 3 rings (SSSR count). The van der Waals surface area contributed by atoms with Crippen molar-refractivity contribution in [3.8, 4) is 0 Å². The number of aliphatic carboxylic acids is 1. The van der Waals surface area contributed by atoms with E-state index < -0.39 is 79.2 Å². The Kier molecular flexibility index (Phi) is 7.05. The molecule has 212 valence electrons. The molecule has 0 fully saturated rings. The lowest BCUT2D eigenvalue weighted by atomic mass is 9.74. The molecule has 1 heterocycles. The molecule has 1 amide bonds. The van der Waals surface area contributed by atoms with E-state index in [1.165, 1.54) is 0 Å². The predicted octanol–water partition coefficient (Wildman–Crippen LogP) is 6.18. The summed E-state index contributed by atoms with van der Waals surface area (Å²) in [5, 5.41) is 7.12. The van der Waals surface area contributed by atoms with Gasteiger partial charge in [0.05, 0.1) is 11.5 Å². The standard InChI is InChI=1S/C18H15F8N3OS.C2HF3O2/c1-18(15-12(20)7-10(19)8-13(15)21)14(16(30)29(2)17(27)28-18)9-4-3-5-11(6-9)31(22,23,24,25)26;3-2(4,5)1(6)7/h3-8,14H,1-2H3,(H2,27,28);(H,6,7)/t14-,18-;/m0./s1. The smallest absolute Gasteiger partial charge is 0.475 e. The molecule has 18 heteroatoms. The predicted molar refractivity (Wildman–Crippen MR) is 112 cm³/mol. The number of carbonyl (C=O) groups is 2. The van der Waals surface area contributed by atoms with E-state index in [9.17, 15) is 50.6 Å². The van der Waals surface area contributed by atoms with Crippen LogP contribution in [0.15, 0.2) is 46.3 Å². The molecule has 3 N–H and O–H groups in total. The molecular formula is C20H16F11N3O3S. The highest BCUT2D eigenvalue weighted by Gasteiger charge is 2.65. The number of halogens is 11. The lowest BCUT2D eigenvalue weighted by Crippen LogP contribution is -2.53. The number of hydrogen-bond acceptors (Lipinski definition) is 4. The average molecular weight is 587 g/mol. The minimum absolute atomic E-state index is 0.0343. The van der Waals surface area contributed by atoms with E-state index in [-0.39, 0.29) is 12.1 Å². The highest BCUT2D eigenvalue weighted by molar-refractivity contribution is 8.45. The largest absolute Gasteiger partial charge is 0.490 e. The molecule has 0 spiro atoms. The minimum Gasteiger partial charge on any atom is -0.475 e. The maximum Gasteiger partial charge on any atom is 0.490 e. The Morgan fingerprint density at radius 1 is 1.05 bits per heavy atom. The van der Waals surface area contributed by atoms with Crippen LogP contribution in [-0.4, -0.2) is 41.1 Å². The van der Waals surface area contributed by atoms with Crippen molar-refractivity contribution in [2.75, 3.05) is 7.05 Å².